The number of hydrogen-bond donors (Lipinski definition) is 1. The average molecular weight is 270 g/mol. The van der Waals surface area contributed by atoms with Crippen LogP contribution in [0.15, 0.2) is 24.3 Å². The molecule has 1 rings (SSSR count). The van der Waals surface area contributed by atoms with Crippen LogP contribution in [0.2, 0.25) is 0 Å². The van der Waals surface area contributed by atoms with Crippen molar-refractivity contribution < 1.29 is 8.42 Å². The molecule has 1 aromatic rings. The third-order valence-electron chi connectivity index (χ3n) is 3.03. The van der Waals surface area contributed by atoms with E-state index < -0.39 is 9.84 Å². The molecule has 0 aromatic heterocycles. The summed E-state index contributed by atoms with van der Waals surface area (Å²) in [4.78, 5) is 2.06. The van der Waals surface area contributed by atoms with Crippen LogP contribution < -0.4 is 10.6 Å². The van der Waals surface area contributed by atoms with Gasteiger partial charge in [-0.2, -0.15) is 0 Å². The van der Waals surface area contributed by atoms with Gasteiger partial charge in [-0.25, -0.2) is 8.42 Å². The average Bonchev–Trinajstić information content (AvgIpc) is 2.40. The Labute approximate surface area is 110 Å². The molecule has 0 saturated heterocycles. The number of rotatable bonds is 7. The summed E-state index contributed by atoms with van der Waals surface area (Å²) in [6, 6.07) is 7.94. The van der Waals surface area contributed by atoms with Crippen molar-refractivity contribution in [2.45, 2.75) is 20.4 Å². The van der Waals surface area contributed by atoms with Crippen molar-refractivity contribution in [2.75, 3.05) is 29.5 Å². The van der Waals surface area contributed by atoms with E-state index in [1.165, 1.54) is 0 Å². The smallest absolute Gasteiger partial charge is 0.151 e. The molecule has 0 unspecified atom stereocenters. The quantitative estimate of drug-likeness (QED) is 0.813. The maximum atomic E-state index is 11.5. The van der Waals surface area contributed by atoms with Crippen molar-refractivity contribution in [3.63, 3.8) is 0 Å². The normalized spacial score (nSPS) is 11.5. The fourth-order valence-corrected chi connectivity index (χ4v) is 2.49. The summed E-state index contributed by atoms with van der Waals surface area (Å²) in [6.07, 6.45) is 0. The summed E-state index contributed by atoms with van der Waals surface area (Å²) in [5.74, 6) is 0.409. The lowest BCUT2D eigenvalue weighted by atomic mass is 10.2. The highest BCUT2D eigenvalue weighted by Crippen LogP contribution is 2.15. The van der Waals surface area contributed by atoms with Gasteiger partial charge in [-0.05, 0) is 24.6 Å². The number of nitrogens with two attached hydrogens (primary N) is 1. The zero-order valence-corrected chi connectivity index (χ0v) is 11.9. The number of hydrogen-bond acceptors (Lipinski definition) is 4. The maximum Gasteiger partial charge on any atom is 0.151 e. The van der Waals surface area contributed by atoms with Gasteiger partial charge in [-0.3, -0.25) is 0 Å². The SMILES string of the molecule is CCN(CCS(=O)(=O)CC)c1ccc(CN)cc1. The molecule has 0 spiro atoms. The third-order valence-corrected chi connectivity index (χ3v) is 4.72. The highest BCUT2D eigenvalue weighted by Gasteiger charge is 2.11. The van der Waals surface area contributed by atoms with Gasteiger partial charge in [0, 0.05) is 31.1 Å². The predicted octanol–water partition coefficient (Wildman–Crippen LogP) is 1.41. The van der Waals surface area contributed by atoms with Crippen molar-refractivity contribution in [2.24, 2.45) is 5.73 Å². The van der Waals surface area contributed by atoms with Crippen molar-refractivity contribution >= 4 is 15.5 Å². The maximum absolute atomic E-state index is 11.5. The fourth-order valence-electron chi connectivity index (χ4n) is 1.71. The molecule has 0 heterocycles. The van der Waals surface area contributed by atoms with E-state index in [4.69, 9.17) is 5.73 Å². The molecule has 5 heteroatoms. The molecule has 0 amide bonds. The second kappa shape index (κ2) is 6.75. The molecule has 0 fully saturated rings. The third kappa shape index (κ3) is 4.31. The van der Waals surface area contributed by atoms with Crippen LogP contribution in [0.25, 0.3) is 0 Å². The lowest BCUT2D eigenvalue weighted by molar-refractivity contribution is 0.596. The number of sulfone groups is 1. The first-order valence-electron chi connectivity index (χ1n) is 6.26. The minimum Gasteiger partial charge on any atom is -0.371 e. The lowest BCUT2D eigenvalue weighted by Gasteiger charge is -2.23. The van der Waals surface area contributed by atoms with Crippen LogP contribution in [0.1, 0.15) is 19.4 Å². The molecule has 18 heavy (non-hydrogen) atoms. The minimum atomic E-state index is -2.91. The highest BCUT2D eigenvalue weighted by atomic mass is 32.2. The zero-order valence-electron chi connectivity index (χ0n) is 11.1. The molecule has 4 nitrogen and oxygen atoms in total. The first kappa shape index (κ1) is 15.0. The van der Waals surface area contributed by atoms with E-state index in [0.717, 1.165) is 17.8 Å². The fraction of sp³-hybridized carbons (Fsp3) is 0.538. The van der Waals surface area contributed by atoms with Crippen LogP contribution in [-0.4, -0.2) is 33.0 Å². The van der Waals surface area contributed by atoms with E-state index in [-0.39, 0.29) is 11.5 Å². The molecular weight excluding hydrogens is 248 g/mol. The molecule has 0 aliphatic heterocycles. The molecule has 0 aliphatic rings. The number of benzene rings is 1. The van der Waals surface area contributed by atoms with E-state index in [1.807, 2.05) is 31.2 Å². The molecule has 0 bridgehead atoms. The van der Waals surface area contributed by atoms with Crippen LogP contribution in [0.3, 0.4) is 0 Å². The van der Waals surface area contributed by atoms with Gasteiger partial charge >= 0.3 is 0 Å². The van der Waals surface area contributed by atoms with E-state index in [1.54, 1.807) is 6.92 Å². The van der Waals surface area contributed by atoms with Gasteiger partial charge in [0.25, 0.3) is 0 Å². The summed E-state index contributed by atoms with van der Waals surface area (Å²) in [5.41, 5.74) is 7.67. The first-order valence-corrected chi connectivity index (χ1v) is 8.09. The van der Waals surface area contributed by atoms with Crippen molar-refractivity contribution in [3.8, 4) is 0 Å². The Kier molecular flexibility index (Phi) is 5.62. The predicted molar refractivity (Wildman–Crippen MR) is 76.5 cm³/mol. The Morgan fingerprint density at radius 2 is 1.78 bits per heavy atom. The van der Waals surface area contributed by atoms with Gasteiger partial charge in [0.15, 0.2) is 9.84 Å². The zero-order chi connectivity index (χ0) is 13.6. The van der Waals surface area contributed by atoms with Crippen LogP contribution in [0, 0.1) is 0 Å². The molecule has 0 saturated carbocycles. The molecule has 2 N–H and O–H groups in total. The van der Waals surface area contributed by atoms with Crippen LogP contribution in [-0.2, 0) is 16.4 Å². The first-order chi connectivity index (χ1) is 8.52. The summed E-state index contributed by atoms with van der Waals surface area (Å²) >= 11 is 0. The van der Waals surface area contributed by atoms with Crippen LogP contribution in [0.4, 0.5) is 5.69 Å². The summed E-state index contributed by atoms with van der Waals surface area (Å²) < 4.78 is 23.0. The van der Waals surface area contributed by atoms with Gasteiger partial charge in [0.2, 0.25) is 0 Å². The van der Waals surface area contributed by atoms with E-state index in [0.29, 0.717) is 13.1 Å². The molecule has 0 radical (unpaired) electrons. The molecular formula is C13H22N2O2S. The summed E-state index contributed by atoms with van der Waals surface area (Å²) in [6.45, 7) is 5.56. The van der Waals surface area contributed by atoms with Gasteiger partial charge in [0.1, 0.15) is 0 Å². The van der Waals surface area contributed by atoms with Gasteiger partial charge in [-0.1, -0.05) is 19.1 Å². The largest absolute Gasteiger partial charge is 0.371 e. The number of anilines is 1. The minimum absolute atomic E-state index is 0.204. The van der Waals surface area contributed by atoms with E-state index in [2.05, 4.69) is 4.90 Å². The van der Waals surface area contributed by atoms with E-state index in [9.17, 15) is 8.42 Å². The second-order valence-electron chi connectivity index (χ2n) is 4.19. The van der Waals surface area contributed by atoms with Gasteiger partial charge < -0.3 is 10.6 Å². The van der Waals surface area contributed by atoms with Crippen LogP contribution in [0.5, 0.6) is 0 Å². The monoisotopic (exact) mass is 270 g/mol. The Balaban J connectivity index is 2.71. The lowest BCUT2D eigenvalue weighted by Crippen LogP contribution is -2.29. The van der Waals surface area contributed by atoms with Crippen molar-refractivity contribution in [1.82, 2.24) is 0 Å². The molecule has 102 valence electrons. The van der Waals surface area contributed by atoms with Crippen molar-refractivity contribution in [1.29, 1.82) is 0 Å². The number of nitrogens with zero attached hydrogens (tertiary/aromatic N) is 1. The molecule has 0 aliphatic carbocycles. The Bertz CT molecular complexity index is 454. The topological polar surface area (TPSA) is 63.4 Å². The van der Waals surface area contributed by atoms with Gasteiger partial charge in [-0.15, -0.1) is 0 Å². The van der Waals surface area contributed by atoms with E-state index >= 15 is 0 Å². The molecule has 1 aromatic carbocycles. The second-order valence-corrected chi connectivity index (χ2v) is 6.66. The highest BCUT2D eigenvalue weighted by molar-refractivity contribution is 7.91. The molecule has 0 atom stereocenters. The van der Waals surface area contributed by atoms with Crippen LogP contribution >= 0.6 is 0 Å². The van der Waals surface area contributed by atoms with Gasteiger partial charge in [0.05, 0.1) is 5.75 Å². The summed E-state index contributed by atoms with van der Waals surface area (Å²) in [5, 5.41) is 0. The Morgan fingerprint density at radius 1 is 1.17 bits per heavy atom. The Morgan fingerprint density at radius 3 is 2.22 bits per heavy atom. The standard InChI is InChI=1S/C13H22N2O2S/c1-3-15(9-10-18(16,17)4-2)13-7-5-12(11-14)6-8-13/h5-8H,3-4,9-11,14H2,1-2H3. The summed E-state index contributed by atoms with van der Waals surface area (Å²) in [7, 11) is -2.91. The van der Waals surface area contributed by atoms with Crippen molar-refractivity contribution in [3.05, 3.63) is 29.8 Å². The Hall–Kier alpha value is -1.07.